The van der Waals surface area contributed by atoms with Crippen LogP contribution < -0.4 is 21.0 Å². The molecule has 30 heavy (non-hydrogen) atoms. The molecule has 4 rings (SSSR count). The van der Waals surface area contributed by atoms with Crippen molar-refractivity contribution in [3.8, 4) is 0 Å². The number of benzene rings is 1. The Hall–Kier alpha value is -2.91. The number of rotatable bonds is 6. The van der Waals surface area contributed by atoms with E-state index in [-0.39, 0.29) is 11.2 Å². The summed E-state index contributed by atoms with van der Waals surface area (Å²) in [5.74, 6) is 0.823. The minimum Gasteiger partial charge on any atom is -0.383 e. The van der Waals surface area contributed by atoms with Crippen molar-refractivity contribution < 1.29 is 9.64 Å². The van der Waals surface area contributed by atoms with Gasteiger partial charge in [0.15, 0.2) is 17.0 Å². The van der Waals surface area contributed by atoms with E-state index in [4.69, 9.17) is 9.72 Å². The van der Waals surface area contributed by atoms with Gasteiger partial charge in [-0.15, -0.1) is 0 Å². The van der Waals surface area contributed by atoms with Crippen LogP contribution in [0, 0.1) is 0 Å². The highest BCUT2D eigenvalue weighted by Crippen LogP contribution is 2.13. The molecule has 0 spiro atoms. The maximum atomic E-state index is 12.8. The number of imidazole rings is 1. The Labute approximate surface area is 174 Å². The summed E-state index contributed by atoms with van der Waals surface area (Å²) in [4.78, 5) is 33.7. The third-order valence-electron chi connectivity index (χ3n) is 5.95. The second-order valence-electron chi connectivity index (χ2n) is 7.80. The van der Waals surface area contributed by atoms with E-state index in [2.05, 4.69) is 29.2 Å². The quantitative estimate of drug-likeness (QED) is 0.560. The summed E-state index contributed by atoms with van der Waals surface area (Å²) < 4.78 is 9.78. The number of ether oxygens (including phenoxy) is 1. The highest BCUT2D eigenvalue weighted by molar-refractivity contribution is 5.71. The van der Waals surface area contributed by atoms with Crippen molar-refractivity contribution >= 4 is 16.9 Å². The number of nitrogens with one attached hydrogen (secondary N) is 1. The molecular weight excluding hydrogens is 384 g/mol. The Balaban J connectivity index is 1.61. The largest absolute Gasteiger partial charge is 0.383 e. The summed E-state index contributed by atoms with van der Waals surface area (Å²) in [6, 6.07) is 10.5. The van der Waals surface area contributed by atoms with E-state index in [0.29, 0.717) is 30.9 Å². The molecule has 0 amide bonds. The van der Waals surface area contributed by atoms with Gasteiger partial charge in [0.1, 0.15) is 6.54 Å². The van der Waals surface area contributed by atoms with Crippen LogP contribution in [0.5, 0.6) is 0 Å². The number of para-hydroxylation sites is 1. The third-order valence-corrected chi connectivity index (χ3v) is 5.95. The van der Waals surface area contributed by atoms with Crippen LogP contribution in [0.2, 0.25) is 0 Å². The van der Waals surface area contributed by atoms with E-state index in [1.807, 2.05) is 10.6 Å². The van der Waals surface area contributed by atoms with Gasteiger partial charge in [0.05, 0.1) is 32.8 Å². The van der Waals surface area contributed by atoms with Crippen molar-refractivity contribution in [2.45, 2.75) is 13.1 Å². The van der Waals surface area contributed by atoms with Crippen LogP contribution in [0.4, 0.5) is 5.69 Å². The van der Waals surface area contributed by atoms with E-state index in [1.54, 1.807) is 14.2 Å². The first kappa shape index (κ1) is 20.4. The molecule has 1 aliphatic heterocycles. The topological polar surface area (TPSA) is 78.7 Å². The lowest BCUT2D eigenvalue weighted by Crippen LogP contribution is -3.13. The van der Waals surface area contributed by atoms with E-state index in [0.717, 1.165) is 36.6 Å². The van der Waals surface area contributed by atoms with Gasteiger partial charge in [-0.3, -0.25) is 13.9 Å². The summed E-state index contributed by atoms with van der Waals surface area (Å²) >= 11 is 0. The van der Waals surface area contributed by atoms with E-state index in [9.17, 15) is 9.59 Å². The Bertz CT molecular complexity index is 1140. The molecule has 0 bridgehead atoms. The highest BCUT2D eigenvalue weighted by Gasteiger charge is 2.25. The molecule has 3 aromatic rings. The van der Waals surface area contributed by atoms with E-state index >= 15 is 0 Å². The fourth-order valence-corrected chi connectivity index (χ4v) is 4.17. The van der Waals surface area contributed by atoms with Gasteiger partial charge in [-0.05, 0) is 12.1 Å². The molecule has 0 unspecified atom stereocenters. The molecule has 160 valence electrons. The lowest BCUT2D eigenvalue weighted by Gasteiger charge is -2.33. The highest BCUT2D eigenvalue weighted by atomic mass is 16.5. The van der Waals surface area contributed by atoms with Crippen molar-refractivity contribution in [1.82, 2.24) is 18.7 Å². The predicted molar refractivity (Wildman–Crippen MR) is 115 cm³/mol. The summed E-state index contributed by atoms with van der Waals surface area (Å²) in [5.41, 5.74) is 1.49. The van der Waals surface area contributed by atoms with Crippen molar-refractivity contribution in [3.05, 3.63) is 57.0 Å². The first-order chi connectivity index (χ1) is 14.5. The molecule has 0 radical (unpaired) electrons. The zero-order valence-corrected chi connectivity index (χ0v) is 17.8. The maximum Gasteiger partial charge on any atom is 0.332 e. The zero-order chi connectivity index (χ0) is 21.3. The molecule has 1 saturated heterocycles. The van der Waals surface area contributed by atoms with Gasteiger partial charge in [-0.2, -0.15) is 0 Å². The normalized spacial score (nSPS) is 15.2. The fourth-order valence-electron chi connectivity index (χ4n) is 4.17. The van der Waals surface area contributed by atoms with Gasteiger partial charge < -0.3 is 19.1 Å². The molecule has 0 atom stereocenters. The predicted octanol–water partition coefficient (Wildman–Crippen LogP) is -1.01. The van der Waals surface area contributed by atoms with Gasteiger partial charge in [0, 0.05) is 33.4 Å². The number of methoxy groups -OCH3 is 1. The number of hydrogen-bond donors (Lipinski definition) is 1. The second-order valence-corrected chi connectivity index (χ2v) is 7.80. The number of hydrogen-bond acceptors (Lipinski definition) is 5. The molecular formula is C21H29N6O3+. The molecule has 1 N–H and O–H groups in total. The second kappa shape index (κ2) is 8.45. The Morgan fingerprint density at radius 1 is 1.07 bits per heavy atom. The third kappa shape index (κ3) is 3.66. The molecule has 3 heterocycles. The van der Waals surface area contributed by atoms with Crippen molar-refractivity contribution in [3.63, 3.8) is 0 Å². The zero-order valence-electron chi connectivity index (χ0n) is 17.8. The lowest BCUT2D eigenvalue weighted by molar-refractivity contribution is -0.915. The maximum absolute atomic E-state index is 12.8. The Morgan fingerprint density at radius 3 is 2.43 bits per heavy atom. The minimum absolute atomic E-state index is 0.313. The number of nitrogens with zero attached hydrogens (tertiary/aromatic N) is 5. The molecule has 9 heteroatoms. The molecule has 2 aromatic heterocycles. The van der Waals surface area contributed by atoms with E-state index in [1.165, 1.54) is 22.2 Å². The summed E-state index contributed by atoms with van der Waals surface area (Å²) in [6.07, 6.45) is 0. The molecule has 9 nitrogen and oxygen atoms in total. The number of aromatic nitrogens is 4. The van der Waals surface area contributed by atoms with Crippen molar-refractivity contribution in [2.75, 3.05) is 44.8 Å². The number of quaternary nitrogens is 1. The summed E-state index contributed by atoms with van der Waals surface area (Å²) in [7, 11) is 4.80. The van der Waals surface area contributed by atoms with Gasteiger partial charge >= 0.3 is 5.69 Å². The van der Waals surface area contributed by atoms with Crippen molar-refractivity contribution in [2.24, 2.45) is 14.1 Å². The molecule has 1 aliphatic rings. The summed E-state index contributed by atoms with van der Waals surface area (Å²) in [6.45, 7) is 5.62. The smallest absolute Gasteiger partial charge is 0.332 e. The molecule has 1 aromatic carbocycles. The lowest BCUT2D eigenvalue weighted by atomic mass is 10.2. The van der Waals surface area contributed by atoms with E-state index < -0.39 is 0 Å². The van der Waals surface area contributed by atoms with Crippen LogP contribution in [-0.4, -0.2) is 58.6 Å². The first-order valence-electron chi connectivity index (χ1n) is 10.3. The number of aryl methyl sites for hydroxylation is 1. The molecule has 1 fully saturated rings. The van der Waals surface area contributed by atoms with Crippen LogP contribution >= 0.6 is 0 Å². The van der Waals surface area contributed by atoms with Crippen LogP contribution in [-0.2, 0) is 31.9 Å². The number of anilines is 1. The van der Waals surface area contributed by atoms with Crippen LogP contribution in [0.3, 0.4) is 0 Å². The SMILES string of the molecule is COCCn1c(C[NH+]2CCN(c3ccccc3)CC2)nc2c1c(=O)n(C)c(=O)n2C. The number of piperazine rings is 1. The minimum atomic E-state index is -0.362. The average molecular weight is 414 g/mol. The van der Waals surface area contributed by atoms with Gasteiger partial charge in [-0.1, -0.05) is 18.2 Å². The van der Waals surface area contributed by atoms with Gasteiger partial charge in [0.2, 0.25) is 0 Å². The first-order valence-corrected chi connectivity index (χ1v) is 10.3. The van der Waals surface area contributed by atoms with Crippen LogP contribution in [0.1, 0.15) is 5.82 Å². The Morgan fingerprint density at radius 2 is 1.77 bits per heavy atom. The molecule has 0 saturated carbocycles. The van der Waals surface area contributed by atoms with Gasteiger partial charge in [0.25, 0.3) is 5.56 Å². The average Bonchev–Trinajstić information content (AvgIpc) is 3.14. The monoisotopic (exact) mass is 413 g/mol. The van der Waals surface area contributed by atoms with Crippen LogP contribution in [0.15, 0.2) is 39.9 Å². The van der Waals surface area contributed by atoms with Crippen LogP contribution in [0.25, 0.3) is 11.2 Å². The Kier molecular flexibility index (Phi) is 5.74. The summed E-state index contributed by atoms with van der Waals surface area (Å²) in [5, 5.41) is 0. The standard InChI is InChI=1S/C21H28N6O3/c1-23-19-18(20(28)24(2)21(23)29)27(13-14-30-3)17(22-19)15-25-9-11-26(12-10-25)16-7-5-4-6-8-16/h4-8H,9-15H2,1-3H3/p+1. The number of fused-ring (bicyclic) bond motifs is 1. The fraction of sp³-hybridized carbons (Fsp3) is 0.476. The van der Waals surface area contributed by atoms with Crippen molar-refractivity contribution in [1.29, 1.82) is 0 Å². The molecule has 0 aliphatic carbocycles. The van der Waals surface area contributed by atoms with Gasteiger partial charge in [-0.25, -0.2) is 9.78 Å².